The molecular weight excluding hydrogens is 265 g/mol. The molecule has 1 saturated heterocycles. The number of carbonyl (C=O) groups is 1. The number of ether oxygens (including phenoxy) is 1. The number of piperidine rings is 1. The van der Waals surface area contributed by atoms with Gasteiger partial charge < -0.3 is 14.9 Å². The lowest BCUT2D eigenvalue weighted by molar-refractivity contribution is -0.148. The van der Waals surface area contributed by atoms with Crippen LogP contribution in [0.3, 0.4) is 0 Å². The van der Waals surface area contributed by atoms with E-state index in [4.69, 9.17) is 9.84 Å². The summed E-state index contributed by atoms with van der Waals surface area (Å²) in [5.74, 6) is -1.45. The molecule has 1 heterocycles. The summed E-state index contributed by atoms with van der Waals surface area (Å²) >= 11 is 0. The number of rotatable bonds is 4. The van der Waals surface area contributed by atoms with Gasteiger partial charge in [0, 0.05) is 18.7 Å². The van der Waals surface area contributed by atoms with Crippen molar-refractivity contribution in [1.82, 2.24) is 4.90 Å². The number of carboxylic acid groups (broad SMARTS) is 1. The first-order valence-electron chi connectivity index (χ1n) is 6.47. The maximum atomic E-state index is 13.3. The third-order valence-electron chi connectivity index (χ3n) is 3.62. The van der Waals surface area contributed by atoms with E-state index in [1.165, 1.54) is 19.2 Å². The topological polar surface area (TPSA) is 70.0 Å². The quantitative estimate of drug-likeness (QED) is 0.866. The van der Waals surface area contributed by atoms with Gasteiger partial charge in [-0.1, -0.05) is 0 Å². The van der Waals surface area contributed by atoms with Crippen molar-refractivity contribution in [1.29, 1.82) is 0 Å². The second-order valence-electron chi connectivity index (χ2n) is 4.99. The predicted molar refractivity (Wildman–Crippen MR) is 70.0 cm³/mol. The first-order chi connectivity index (χ1) is 9.51. The summed E-state index contributed by atoms with van der Waals surface area (Å²) in [5, 5.41) is 18.8. The fourth-order valence-electron chi connectivity index (χ4n) is 2.54. The average Bonchev–Trinajstić information content (AvgIpc) is 2.38. The Morgan fingerprint density at radius 1 is 1.55 bits per heavy atom. The number of likely N-dealkylation sites (tertiary alicyclic amines) is 1. The summed E-state index contributed by atoms with van der Waals surface area (Å²) in [5.41, 5.74) is 0.688. The van der Waals surface area contributed by atoms with E-state index in [0.717, 1.165) is 0 Å². The van der Waals surface area contributed by atoms with Crippen molar-refractivity contribution in [3.8, 4) is 5.75 Å². The Hall–Kier alpha value is -1.66. The predicted octanol–water partition coefficient (Wildman–Crippen LogP) is 1.10. The van der Waals surface area contributed by atoms with Gasteiger partial charge >= 0.3 is 5.97 Å². The third-order valence-corrected chi connectivity index (χ3v) is 3.62. The maximum absolute atomic E-state index is 13.3. The van der Waals surface area contributed by atoms with Crippen LogP contribution in [0.15, 0.2) is 18.2 Å². The molecule has 0 aliphatic carbocycles. The normalized spacial score (nSPS) is 23.6. The first kappa shape index (κ1) is 14.7. The minimum Gasteiger partial charge on any atom is -0.496 e. The number of aliphatic hydroxyl groups excluding tert-OH is 1. The number of hydrogen-bond acceptors (Lipinski definition) is 4. The van der Waals surface area contributed by atoms with Gasteiger partial charge in [-0.05, 0) is 31.2 Å². The molecule has 6 heteroatoms. The zero-order chi connectivity index (χ0) is 14.7. The van der Waals surface area contributed by atoms with E-state index in [0.29, 0.717) is 30.8 Å². The van der Waals surface area contributed by atoms with Crippen molar-refractivity contribution in [3.05, 3.63) is 29.6 Å². The van der Waals surface area contributed by atoms with Gasteiger partial charge in [0.25, 0.3) is 0 Å². The fourth-order valence-corrected chi connectivity index (χ4v) is 2.54. The lowest BCUT2D eigenvalue weighted by Crippen LogP contribution is -2.46. The van der Waals surface area contributed by atoms with E-state index >= 15 is 0 Å². The van der Waals surface area contributed by atoms with Crippen molar-refractivity contribution < 1.29 is 24.1 Å². The number of hydrogen-bond donors (Lipinski definition) is 2. The highest BCUT2D eigenvalue weighted by molar-refractivity contribution is 5.70. The van der Waals surface area contributed by atoms with Crippen LogP contribution in [-0.4, -0.2) is 47.4 Å². The minimum atomic E-state index is -0.972. The lowest BCUT2D eigenvalue weighted by atomic mass is 9.94. The van der Waals surface area contributed by atoms with E-state index < -0.39 is 18.0 Å². The Labute approximate surface area is 116 Å². The number of methoxy groups -OCH3 is 1. The molecule has 1 aromatic carbocycles. The fraction of sp³-hybridized carbons (Fsp3) is 0.500. The van der Waals surface area contributed by atoms with Gasteiger partial charge in [-0.15, -0.1) is 0 Å². The van der Waals surface area contributed by atoms with Crippen LogP contribution in [-0.2, 0) is 11.3 Å². The van der Waals surface area contributed by atoms with E-state index in [1.54, 1.807) is 6.07 Å². The SMILES string of the molecule is COc1ccc(F)cc1CN1CC[C@H](C(=O)O)[C@H](O)C1. The smallest absolute Gasteiger partial charge is 0.309 e. The highest BCUT2D eigenvalue weighted by Gasteiger charge is 2.32. The van der Waals surface area contributed by atoms with E-state index in [-0.39, 0.29) is 12.4 Å². The van der Waals surface area contributed by atoms with Gasteiger partial charge in [0.1, 0.15) is 11.6 Å². The van der Waals surface area contributed by atoms with Gasteiger partial charge in [0.2, 0.25) is 0 Å². The van der Waals surface area contributed by atoms with Crippen LogP contribution in [0, 0.1) is 11.7 Å². The van der Waals surface area contributed by atoms with Gasteiger partial charge in [-0.2, -0.15) is 0 Å². The number of aliphatic hydroxyl groups is 1. The summed E-state index contributed by atoms with van der Waals surface area (Å²) in [7, 11) is 1.52. The van der Waals surface area contributed by atoms with Crippen LogP contribution < -0.4 is 4.74 Å². The molecule has 2 N–H and O–H groups in total. The summed E-state index contributed by atoms with van der Waals surface area (Å²) in [6.45, 7) is 1.23. The highest BCUT2D eigenvalue weighted by atomic mass is 19.1. The Morgan fingerprint density at radius 2 is 2.30 bits per heavy atom. The molecular formula is C14H18FNO4. The molecule has 5 nitrogen and oxygen atoms in total. The first-order valence-corrected chi connectivity index (χ1v) is 6.47. The van der Waals surface area contributed by atoms with Gasteiger partial charge in [0.15, 0.2) is 0 Å². The molecule has 2 rings (SSSR count). The summed E-state index contributed by atoms with van der Waals surface area (Å²) in [4.78, 5) is 12.8. The molecule has 1 aliphatic rings. The average molecular weight is 283 g/mol. The number of carboxylic acids is 1. The van der Waals surface area contributed by atoms with Gasteiger partial charge in [0.05, 0.1) is 19.1 Å². The van der Waals surface area contributed by atoms with Crippen LogP contribution in [0.25, 0.3) is 0 Å². The largest absolute Gasteiger partial charge is 0.496 e. The molecule has 20 heavy (non-hydrogen) atoms. The Bertz CT molecular complexity index is 494. The number of halogens is 1. The second kappa shape index (κ2) is 6.19. The van der Waals surface area contributed by atoms with Crippen LogP contribution >= 0.6 is 0 Å². The van der Waals surface area contributed by atoms with Crippen LogP contribution in [0.1, 0.15) is 12.0 Å². The Morgan fingerprint density at radius 3 is 2.90 bits per heavy atom. The molecule has 0 radical (unpaired) electrons. The number of β-amino-alcohol motifs (C(OH)–C–C–N with tert-alkyl or cyclic N) is 1. The Balaban J connectivity index is 2.05. The van der Waals surface area contributed by atoms with Crippen LogP contribution in [0.4, 0.5) is 4.39 Å². The van der Waals surface area contributed by atoms with Crippen molar-refractivity contribution in [2.75, 3.05) is 20.2 Å². The number of benzene rings is 1. The third kappa shape index (κ3) is 3.26. The monoisotopic (exact) mass is 283 g/mol. The van der Waals surface area contributed by atoms with E-state index in [1.807, 2.05) is 4.90 Å². The van der Waals surface area contributed by atoms with Crippen molar-refractivity contribution in [2.45, 2.75) is 19.1 Å². The molecule has 110 valence electrons. The lowest BCUT2D eigenvalue weighted by Gasteiger charge is -2.34. The zero-order valence-corrected chi connectivity index (χ0v) is 11.3. The Kier molecular flexibility index (Phi) is 4.57. The van der Waals surface area contributed by atoms with Crippen LogP contribution in [0.5, 0.6) is 5.75 Å². The van der Waals surface area contributed by atoms with Gasteiger partial charge in [-0.25, -0.2) is 4.39 Å². The molecule has 0 spiro atoms. The standard InChI is InChI=1S/C14H18FNO4/c1-20-13-3-2-10(15)6-9(13)7-16-5-4-11(14(18)19)12(17)8-16/h2-3,6,11-12,17H,4-5,7-8H2,1H3,(H,18,19)/t11-,12+/m0/s1. The second-order valence-corrected chi connectivity index (χ2v) is 4.99. The highest BCUT2D eigenvalue weighted by Crippen LogP contribution is 2.24. The summed E-state index contributed by atoms with van der Waals surface area (Å²) in [6, 6.07) is 4.29. The minimum absolute atomic E-state index is 0.261. The summed E-state index contributed by atoms with van der Waals surface area (Å²) < 4.78 is 18.5. The van der Waals surface area contributed by atoms with Gasteiger partial charge in [-0.3, -0.25) is 9.69 Å². The molecule has 1 aromatic rings. The number of aliphatic carboxylic acids is 1. The zero-order valence-electron chi connectivity index (χ0n) is 11.3. The van der Waals surface area contributed by atoms with Crippen molar-refractivity contribution in [2.24, 2.45) is 5.92 Å². The molecule has 0 unspecified atom stereocenters. The summed E-state index contributed by atoms with van der Waals surface area (Å²) in [6.07, 6.45) is -0.519. The molecule has 1 fully saturated rings. The number of nitrogens with zero attached hydrogens (tertiary/aromatic N) is 1. The van der Waals surface area contributed by atoms with E-state index in [2.05, 4.69) is 0 Å². The molecule has 0 bridgehead atoms. The molecule has 2 atom stereocenters. The maximum Gasteiger partial charge on any atom is 0.309 e. The van der Waals surface area contributed by atoms with Crippen molar-refractivity contribution >= 4 is 5.97 Å². The molecule has 0 aromatic heterocycles. The van der Waals surface area contributed by atoms with Crippen molar-refractivity contribution in [3.63, 3.8) is 0 Å². The van der Waals surface area contributed by atoms with Crippen LogP contribution in [0.2, 0.25) is 0 Å². The molecule has 1 aliphatic heterocycles. The van der Waals surface area contributed by atoms with E-state index in [9.17, 15) is 14.3 Å². The molecule has 0 saturated carbocycles. The molecule has 0 amide bonds.